The van der Waals surface area contributed by atoms with E-state index >= 15 is 0 Å². The van der Waals surface area contributed by atoms with Gasteiger partial charge in [0.25, 0.3) is 11.4 Å². The van der Waals surface area contributed by atoms with Crippen LogP contribution in [0.25, 0.3) is 21.5 Å². The molecule has 0 radical (unpaired) electrons. The number of nitro groups is 2. The average Bonchev–Trinajstić information content (AvgIpc) is 3.93. The minimum absolute atomic E-state index is 0.0359. The molecule has 0 unspecified atom stereocenters. The molecule has 7 rings (SSSR count). The van der Waals surface area contributed by atoms with Crippen LogP contribution in [0.5, 0.6) is 0 Å². The third kappa shape index (κ3) is 7.19. The average molecular weight is 799 g/mol. The molecule has 2 aromatic heterocycles. The lowest BCUT2D eigenvalue weighted by molar-refractivity contribution is -0.396. The van der Waals surface area contributed by atoms with Gasteiger partial charge in [0.2, 0.25) is 15.9 Å². The number of non-ortho nitro benzene ring substituents is 1. The number of carbonyl (C=O) groups is 1. The zero-order chi connectivity index (χ0) is 40.3. The van der Waals surface area contributed by atoms with Gasteiger partial charge in [0.05, 0.1) is 27.0 Å². The van der Waals surface area contributed by atoms with E-state index in [1.165, 1.54) is 15.6 Å². The van der Waals surface area contributed by atoms with Crippen molar-refractivity contribution in [3.63, 3.8) is 0 Å². The van der Waals surface area contributed by atoms with E-state index in [-0.39, 0.29) is 37.5 Å². The second-order valence-corrected chi connectivity index (χ2v) is 18.8. The number of sulfonamides is 1. The Bertz CT molecular complexity index is 2430. The first-order valence-electron chi connectivity index (χ1n) is 18.8. The molecule has 1 amide bonds. The molecule has 15 heteroatoms. The second kappa shape index (κ2) is 14.8. The van der Waals surface area contributed by atoms with Gasteiger partial charge < -0.3 is 15.6 Å². The predicted octanol–water partition coefficient (Wildman–Crippen LogP) is 8.38. The molecule has 5 aromatic rings. The maximum Gasteiger partial charge on any atom is 0.296 e. The summed E-state index contributed by atoms with van der Waals surface area (Å²) in [5.41, 5.74) is 9.76. The fraction of sp³-hybridized carbons (Fsp3) is 0.390. The Morgan fingerprint density at radius 1 is 0.964 bits per heavy atom. The van der Waals surface area contributed by atoms with E-state index in [4.69, 9.17) is 5.73 Å². The summed E-state index contributed by atoms with van der Waals surface area (Å²) in [5.74, 6) is -0.339. The van der Waals surface area contributed by atoms with Gasteiger partial charge in [0.15, 0.2) is 4.90 Å². The highest BCUT2D eigenvalue weighted by Gasteiger charge is 2.47. The van der Waals surface area contributed by atoms with Crippen LogP contribution in [0.3, 0.4) is 0 Å². The molecule has 56 heavy (non-hydrogen) atoms. The summed E-state index contributed by atoms with van der Waals surface area (Å²) in [6.07, 6.45) is 4.44. The molecule has 2 aliphatic heterocycles. The molecule has 0 spiro atoms. The number of nitro benzene ring substituents is 2. The van der Waals surface area contributed by atoms with Gasteiger partial charge >= 0.3 is 0 Å². The Labute approximate surface area is 329 Å². The Balaban J connectivity index is 1.32. The summed E-state index contributed by atoms with van der Waals surface area (Å²) in [7, 11) is -4.58. The molecular formula is C41H46N6O7S2. The van der Waals surface area contributed by atoms with Crippen molar-refractivity contribution in [3.8, 4) is 11.3 Å². The topological polar surface area (TPSA) is 186 Å². The van der Waals surface area contributed by atoms with Crippen LogP contribution in [0.4, 0.5) is 17.1 Å². The van der Waals surface area contributed by atoms with Crippen LogP contribution in [0.2, 0.25) is 0 Å². The monoisotopic (exact) mass is 798 g/mol. The Morgan fingerprint density at radius 2 is 1.59 bits per heavy atom. The number of nitrogens with zero attached hydrogens (tertiary/aromatic N) is 4. The van der Waals surface area contributed by atoms with Crippen molar-refractivity contribution in [2.24, 2.45) is 0 Å². The van der Waals surface area contributed by atoms with Crippen molar-refractivity contribution >= 4 is 54.5 Å². The number of aromatic amines is 1. The summed E-state index contributed by atoms with van der Waals surface area (Å²) in [5, 5.41) is 24.6. The van der Waals surface area contributed by atoms with E-state index in [2.05, 4.69) is 34.1 Å². The Morgan fingerprint density at radius 3 is 2.18 bits per heavy atom. The largest absolute Gasteiger partial charge is 0.399 e. The lowest BCUT2D eigenvalue weighted by atomic mass is 9.88. The maximum absolute atomic E-state index is 14.6. The van der Waals surface area contributed by atoms with Gasteiger partial charge in [-0.05, 0) is 119 Å². The summed E-state index contributed by atoms with van der Waals surface area (Å²) in [6, 6.07) is 18.5. The van der Waals surface area contributed by atoms with Crippen molar-refractivity contribution in [3.05, 3.63) is 114 Å². The van der Waals surface area contributed by atoms with Gasteiger partial charge in [-0.1, -0.05) is 36.2 Å². The van der Waals surface area contributed by atoms with E-state index in [1.807, 2.05) is 34.6 Å². The molecule has 2 saturated heterocycles. The van der Waals surface area contributed by atoms with Crippen molar-refractivity contribution < 1.29 is 23.1 Å². The van der Waals surface area contributed by atoms with Crippen molar-refractivity contribution in [1.29, 1.82) is 0 Å². The molecule has 294 valence electrons. The minimum Gasteiger partial charge on any atom is -0.399 e. The number of rotatable bonds is 13. The third-order valence-corrected chi connectivity index (χ3v) is 14.7. The summed E-state index contributed by atoms with van der Waals surface area (Å²) in [4.78, 5) is 43.1. The molecule has 2 aliphatic rings. The number of fused-ring (bicyclic) bond motifs is 3. The molecule has 13 nitrogen and oxygen atoms in total. The van der Waals surface area contributed by atoms with Crippen molar-refractivity contribution in [2.75, 3.05) is 18.8 Å². The molecule has 1 atom stereocenters. The van der Waals surface area contributed by atoms with Gasteiger partial charge in [0, 0.05) is 47.2 Å². The first kappa shape index (κ1) is 39.1. The SMILES string of the molecule is Cc1cc(C)cc(-c2[nH]c3sc(C(C)(C)C(=O)N4C5CCC4CC5)cc3c2[C@H](C)CN(CCc2ccc(N)cc2)S(=O)(=O)c2ccc([N+](=O)[O-])cc2[N+](=O)[O-])c1. The summed E-state index contributed by atoms with van der Waals surface area (Å²) < 4.78 is 30.4. The number of benzene rings is 3. The number of hydrogen-bond donors (Lipinski definition) is 2. The number of carbonyl (C=O) groups excluding carboxylic acids is 1. The third-order valence-electron chi connectivity index (χ3n) is 11.4. The number of anilines is 1. The van der Waals surface area contributed by atoms with E-state index in [1.54, 1.807) is 24.3 Å². The van der Waals surface area contributed by atoms with Crippen LogP contribution >= 0.6 is 11.3 Å². The molecular weight excluding hydrogens is 753 g/mol. The Kier molecular flexibility index (Phi) is 10.3. The molecule has 2 fully saturated rings. The predicted molar refractivity (Wildman–Crippen MR) is 218 cm³/mol. The molecule has 0 saturated carbocycles. The van der Waals surface area contributed by atoms with Crippen LogP contribution in [0, 0.1) is 34.1 Å². The van der Waals surface area contributed by atoms with Crippen LogP contribution < -0.4 is 5.73 Å². The number of nitrogens with two attached hydrogens (primary N) is 1. The fourth-order valence-electron chi connectivity index (χ4n) is 8.60. The number of H-pyrrole nitrogens is 1. The van der Waals surface area contributed by atoms with Crippen molar-refractivity contribution in [2.45, 2.75) is 95.0 Å². The van der Waals surface area contributed by atoms with E-state index in [0.717, 1.165) is 86.4 Å². The molecule has 2 bridgehead atoms. The lowest BCUT2D eigenvalue weighted by Gasteiger charge is -2.31. The second-order valence-electron chi connectivity index (χ2n) is 15.9. The smallest absolute Gasteiger partial charge is 0.296 e. The number of thiophene rings is 1. The highest BCUT2D eigenvalue weighted by atomic mass is 32.2. The van der Waals surface area contributed by atoms with E-state index < -0.39 is 47.5 Å². The first-order valence-corrected chi connectivity index (χ1v) is 21.1. The highest BCUT2D eigenvalue weighted by Crippen LogP contribution is 2.46. The number of nitrogens with one attached hydrogen (secondary N) is 1. The normalized spacial score (nSPS) is 17.6. The summed E-state index contributed by atoms with van der Waals surface area (Å²) >= 11 is 1.53. The molecule has 3 aromatic carbocycles. The molecule has 3 N–H and O–H groups in total. The maximum atomic E-state index is 14.6. The Hall–Kier alpha value is -5.12. The van der Waals surface area contributed by atoms with Gasteiger partial charge in [-0.25, -0.2) is 8.42 Å². The van der Waals surface area contributed by atoms with Crippen molar-refractivity contribution in [1.82, 2.24) is 14.2 Å². The fourth-order valence-corrected chi connectivity index (χ4v) is 11.4. The van der Waals surface area contributed by atoms with Gasteiger partial charge in [-0.15, -0.1) is 11.3 Å². The minimum atomic E-state index is -4.58. The zero-order valence-corrected chi connectivity index (χ0v) is 33.7. The van der Waals surface area contributed by atoms with Gasteiger partial charge in [-0.3, -0.25) is 25.0 Å². The molecule has 0 aliphatic carbocycles. The highest BCUT2D eigenvalue weighted by molar-refractivity contribution is 7.89. The number of aryl methyl sites for hydroxylation is 2. The van der Waals surface area contributed by atoms with E-state index in [9.17, 15) is 33.4 Å². The zero-order valence-electron chi connectivity index (χ0n) is 32.1. The van der Waals surface area contributed by atoms with Crippen LogP contribution in [0.1, 0.15) is 79.5 Å². The van der Waals surface area contributed by atoms with Crippen LogP contribution in [-0.2, 0) is 26.7 Å². The standard InChI is InChI=1S/C41H46N6O7S2/c1-24-18-25(2)20-28(19-24)38-37(33-22-36(55-39(33)43-38)41(4,5)40(48)45-30-10-11-31(45)13-12-30)26(3)23-44(17-16-27-6-8-29(42)9-7-27)56(53,54)35-15-14-32(46(49)50)21-34(35)47(51)52/h6-9,14-15,18-22,26,30-31,43H,10-13,16-17,23,42H2,1-5H3/t26-,30?,31?/m1/s1. The summed E-state index contributed by atoms with van der Waals surface area (Å²) in [6.45, 7) is 9.83. The van der Waals surface area contributed by atoms with E-state index in [0.29, 0.717) is 11.8 Å². The number of nitrogen functional groups attached to an aromatic ring is 1. The molecule has 4 heterocycles. The number of amides is 1. The van der Waals surface area contributed by atoms with Crippen LogP contribution in [0.15, 0.2) is 71.6 Å². The van der Waals surface area contributed by atoms with Gasteiger partial charge in [-0.2, -0.15) is 4.31 Å². The number of hydrogen-bond acceptors (Lipinski definition) is 9. The van der Waals surface area contributed by atoms with Crippen LogP contribution in [-0.4, -0.2) is 63.5 Å². The first-order chi connectivity index (χ1) is 26.4. The number of aromatic nitrogens is 1. The van der Waals surface area contributed by atoms with Gasteiger partial charge in [0.1, 0.15) is 4.83 Å². The quantitative estimate of drug-likeness (QED) is 0.0676. The lowest BCUT2D eigenvalue weighted by Crippen LogP contribution is -2.45.